The lowest BCUT2D eigenvalue weighted by Gasteiger charge is -1.61. The quantitative estimate of drug-likeness (QED) is 0.298. The summed E-state index contributed by atoms with van der Waals surface area (Å²) in [6, 6.07) is 0. The Morgan fingerprint density at radius 2 is 2.40 bits per heavy atom. The first-order valence-corrected chi connectivity index (χ1v) is 1.02. The van der Waals surface area contributed by atoms with Gasteiger partial charge in [-0.15, -0.1) is 0 Å². The molecule has 26 valence electrons. The lowest BCUT2D eigenvalue weighted by Crippen LogP contribution is -2.53. The molecule has 0 heterocycles. The van der Waals surface area contributed by atoms with E-state index in [2.05, 4.69) is 0 Å². The summed E-state index contributed by atoms with van der Waals surface area (Å²) in [5.74, 6) is 1.53. The van der Waals surface area contributed by atoms with Crippen LogP contribution in [0.2, 0.25) is 0 Å². The Balaban J connectivity index is 3.31. The molecule has 0 fully saturated rings. The Bertz CT molecular complexity index is 69.0. The molecule has 0 saturated carbocycles. The highest BCUT2D eigenvalue weighted by Crippen LogP contribution is 1.15. The van der Waals surface area contributed by atoms with E-state index in [0.29, 0.717) is 0 Å². The van der Waals surface area contributed by atoms with Gasteiger partial charge in [-0.25, -0.2) is 5.87 Å². The molecule has 0 amide bonds. The summed E-state index contributed by atoms with van der Waals surface area (Å²) in [5, 5.41) is 9.07. The Morgan fingerprint density at radius 1 is 1.80 bits per heavy atom. The van der Waals surface area contributed by atoms with Crippen molar-refractivity contribution in [2.75, 3.05) is 0 Å². The summed E-state index contributed by atoms with van der Waals surface area (Å²) in [6.45, 7) is 0. The Hall–Kier alpha value is -0.950. The van der Waals surface area contributed by atoms with Crippen molar-refractivity contribution in [3.05, 3.63) is 17.1 Å². The predicted octanol–water partition coefficient (Wildman–Crippen LogP) is -1.16. The van der Waals surface area contributed by atoms with Gasteiger partial charge in [0.25, 0.3) is 0 Å². The topological polar surface area (TPSA) is 58.6 Å². The second-order valence-electron chi connectivity index (χ2n) is 0.403. The van der Waals surface area contributed by atoms with Crippen LogP contribution in [0.25, 0.3) is 10.9 Å². The smallest absolute Gasteiger partial charge is 0.176 e. The molecule has 0 aliphatic rings. The molecule has 0 aliphatic carbocycles. The Labute approximate surface area is 29.3 Å². The van der Waals surface area contributed by atoms with Crippen LogP contribution in [0.3, 0.4) is 0 Å². The van der Waals surface area contributed by atoms with E-state index < -0.39 is 0 Å². The minimum absolute atomic E-state index is 0.861. The van der Waals surface area contributed by atoms with Crippen molar-refractivity contribution in [2.24, 2.45) is 0 Å². The minimum atomic E-state index is 0.861. The highest BCUT2D eigenvalue weighted by molar-refractivity contribution is 5.52. The van der Waals surface area contributed by atoms with Crippen LogP contribution < -0.4 is 5.11 Å². The summed E-state index contributed by atoms with van der Waals surface area (Å²) >= 11 is 0. The van der Waals surface area contributed by atoms with Gasteiger partial charge in [-0.05, 0) is 0 Å². The fraction of sp³-hybridized carbons (Fsp3) is 0. The Morgan fingerprint density at radius 3 is 2.40 bits per heavy atom. The van der Waals surface area contributed by atoms with Crippen molar-refractivity contribution in [2.45, 2.75) is 0 Å². The summed E-state index contributed by atoms with van der Waals surface area (Å²) < 4.78 is 0. The van der Waals surface area contributed by atoms with Crippen molar-refractivity contribution < 1.29 is 5.11 Å². The van der Waals surface area contributed by atoms with Gasteiger partial charge in [-0.2, -0.15) is 0 Å². The van der Waals surface area contributed by atoms with Crippen LogP contribution in [0.5, 0.6) is 0 Å². The normalized spacial score (nSPS) is 4.80. The lowest BCUT2D eigenvalue weighted by atomic mass is 11.0. The van der Waals surface area contributed by atoms with E-state index in [1.54, 1.807) is 0 Å². The zero-order chi connectivity index (χ0) is 4.12. The van der Waals surface area contributed by atoms with Gasteiger partial charge >= 0.3 is 0 Å². The van der Waals surface area contributed by atoms with Crippen LogP contribution in [0.4, 0.5) is 0 Å². The maximum absolute atomic E-state index is 7.54. The molecule has 1 N–H and O–H groups in total. The number of nitrogens with zero attached hydrogens (tertiary/aromatic N) is 2. The van der Waals surface area contributed by atoms with Crippen LogP contribution in [0.15, 0.2) is 6.20 Å². The molecule has 0 unspecified atom stereocenters. The standard InChI is InChI=1S/C2H2N3/c3-1-2-5-4/h2,5H/q-1. The molecule has 0 aromatic heterocycles. The van der Waals surface area contributed by atoms with Gasteiger partial charge in [0.2, 0.25) is 0 Å². The first-order valence-electron chi connectivity index (χ1n) is 1.02. The van der Waals surface area contributed by atoms with Crippen molar-refractivity contribution in [1.82, 2.24) is 0 Å². The maximum Gasteiger partial charge on any atom is 0.176 e. The zero-order valence-corrected chi connectivity index (χ0v) is 2.47. The van der Waals surface area contributed by atoms with E-state index in [0.717, 1.165) is 6.20 Å². The fourth-order valence-corrected chi connectivity index (χ4v) is 0.0289. The van der Waals surface area contributed by atoms with E-state index in [9.17, 15) is 0 Å². The van der Waals surface area contributed by atoms with Gasteiger partial charge in [-0.3, -0.25) is 0 Å². The van der Waals surface area contributed by atoms with Crippen LogP contribution in [-0.2, 0) is 0 Å². The molecule has 0 aliphatic heterocycles. The monoisotopic (exact) mass is 68.0 g/mol. The molecular formula is C2H2N3-. The van der Waals surface area contributed by atoms with Crippen molar-refractivity contribution >= 4 is 5.87 Å². The summed E-state index contributed by atoms with van der Waals surface area (Å²) in [7, 11) is 0. The number of hydrogen-bond donors (Lipinski definition) is 1. The molecule has 0 spiro atoms. The third-order valence-corrected chi connectivity index (χ3v) is 0.129. The van der Waals surface area contributed by atoms with E-state index in [1.165, 1.54) is 11.0 Å². The van der Waals surface area contributed by atoms with Crippen molar-refractivity contribution in [3.63, 3.8) is 0 Å². The average molecular weight is 68.1 g/mol. The second-order valence-corrected chi connectivity index (χ2v) is 0.403. The number of rotatable bonds is 1. The molecule has 0 radical (unpaired) electrons. The molecule has 0 aromatic rings. The first-order chi connectivity index (χ1) is 2.41. The van der Waals surface area contributed by atoms with Gasteiger partial charge in [0.05, 0.1) is 0 Å². The molecule has 0 bridgehead atoms. The van der Waals surface area contributed by atoms with Gasteiger partial charge in [0, 0.05) is 0 Å². The summed E-state index contributed by atoms with van der Waals surface area (Å²) in [6.07, 6.45) is 0.861. The van der Waals surface area contributed by atoms with Gasteiger partial charge in [-0.1, -0.05) is 0 Å². The maximum atomic E-state index is 7.54. The highest BCUT2D eigenvalue weighted by atomic mass is 14.9. The molecule has 3 nitrogen and oxygen atoms in total. The highest BCUT2D eigenvalue weighted by Gasteiger charge is 1.32. The van der Waals surface area contributed by atoms with Crippen LogP contribution in [0, 0.1) is 0 Å². The first kappa shape index (κ1) is 4.05. The third kappa shape index (κ3) is 3.05. The Kier molecular flexibility index (Phi) is 2.47. The number of hydrogen-bond acceptors (Lipinski definition) is 0. The van der Waals surface area contributed by atoms with E-state index in [1.807, 2.05) is 0 Å². The van der Waals surface area contributed by atoms with Crippen molar-refractivity contribution in [1.29, 1.82) is 0 Å². The largest absolute Gasteiger partial charge is 0.758 e. The molecule has 0 rings (SSSR count). The van der Waals surface area contributed by atoms with Crippen LogP contribution in [0.1, 0.15) is 0 Å². The SMILES string of the molecule is [N-]=C=C[NH+]=[N-]. The van der Waals surface area contributed by atoms with Gasteiger partial charge in [0.15, 0.2) is 6.20 Å². The van der Waals surface area contributed by atoms with Crippen LogP contribution in [-0.4, -0.2) is 5.87 Å². The second kappa shape index (κ2) is 3.05. The minimum Gasteiger partial charge on any atom is -0.758 e. The molecule has 0 saturated heterocycles. The molecule has 0 aromatic carbocycles. The van der Waals surface area contributed by atoms with Crippen molar-refractivity contribution in [3.8, 4) is 0 Å². The molecule has 3 heteroatoms. The lowest BCUT2D eigenvalue weighted by molar-refractivity contribution is -0.395. The third-order valence-electron chi connectivity index (χ3n) is 0.129. The number of nitrogens with one attached hydrogen (secondary N) is 1. The molecule has 0 atom stereocenters. The molecular weight excluding hydrogens is 66.0 g/mol. The van der Waals surface area contributed by atoms with Gasteiger partial charge < -0.3 is 16.1 Å². The van der Waals surface area contributed by atoms with E-state index in [4.69, 9.17) is 10.9 Å². The zero-order valence-electron chi connectivity index (χ0n) is 2.47. The predicted molar refractivity (Wildman–Crippen MR) is 17.3 cm³/mol. The summed E-state index contributed by atoms with van der Waals surface area (Å²) in [5.41, 5.74) is 7.54. The summed E-state index contributed by atoms with van der Waals surface area (Å²) in [4.78, 5) is 0. The van der Waals surface area contributed by atoms with E-state index in [-0.39, 0.29) is 0 Å². The molecule has 5 heavy (non-hydrogen) atoms. The average Bonchev–Trinajstić information content (AvgIpc) is 1.41. The fourth-order valence-electron chi connectivity index (χ4n) is 0.0289. The van der Waals surface area contributed by atoms with Gasteiger partial charge in [0.1, 0.15) is 0 Å². The van der Waals surface area contributed by atoms with Crippen LogP contribution >= 0.6 is 0 Å². The van der Waals surface area contributed by atoms with E-state index >= 15 is 0 Å².